The maximum atomic E-state index is 12.5. The third kappa shape index (κ3) is 3.00. The van der Waals surface area contributed by atoms with Gasteiger partial charge in [-0.05, 0) is 32.1 Å². The minimum Gasteiger partial charge on any atom is -0.368 e. The highest BCUT2D eigenvalue weighted by Crippen LogP contribution is 2.22. The molecule has 1 aliphatic rings. The summed E-state index contributed by atoms with van der Waals surface area (Å²) in [4.78, 5) is 16.9. The monoisotopic (exact) mass is 318 g/mol. The van der Waals surface area contributed by atoms with E-state index >= 15 is 0 Å². The quantitative estimate of drug-likeness (QED) is 0.849. The Bertz CT molecular complexity index is 701. The molecular formula is C16H19ClN4O. The van der Waals surface area contributed by atoms with Crippen molar-refractivity contribution in [2.45, 2.75) is 6.42 Å². The lowest BCUT2D eigenvalue weighted by molar-refractivity contribution is 0.360. The summed E-state index contributed by atoms with van der Waals surface area (Å²) in [5.41, 5.74) is 1.17. The van der Waals surface area contributed by atoms with Crippen molar-refractivity contribution in [1.29, 1.82) is 0 Å². The summed E-state index contributed by atoms with van der Waals surface area (Å²) in [5, 5.41) is 4.54. The van der Waals surface area contributed by atoms with Gasteiger partial charge in [-0.1, -0.05) is 29.8 Å². The highest BCUT2D eigenvalue weighted by molar-refractivity contribution is 6.33. The Morgan fingerprint density at radius 2 is 1.86 bits per heavy atom. The second-order valence-corrected chi connectivity index (χ2v) is 5.92. The minimum absolute atomic E-state index is 0.239. The lowest BCUT2D eigenvalue weighted by Gasteiger charge is -2.23. The Balaban J connectivity index is 1.95. The Labute approximate surface area is 134 Å². The van der Waals surface area contributed by atoms with Crippen LogP contribution in [-0.2, 0) is 0 Å². The molecule has 0 atom stereocenters. The number of aromatic nitrogens is 2. The van der Waals surface area contributed by atoms with Crippen molar-refractivity contribution >= 4 is 17.3 Å². The molecule has 1 saturated heterocycles. The van der Waals surface area contributed by atoms with Crippen LogP contribution in [0.4, 0.5) is 5.69 Å². The third-order valence-corrected chi connectivity index (χ3v) is 4.32. The first-order valence-corrected chi connectivity index (χ1v) is 7.81. The molecule has 2 aromatic rings. The normalized spacial score (nSPS) is 16.5. The van der Waals surface area contributed by atoms with Crippen LogP contribution in [0.15, 0.2) is 41.3 Å². The summed E-state index contributed by atoms with van der Waals surface area (Å²) in [7, 11) is 2.11. The van der Waals surface area contributed by atoms with Crippen molar-refractivity contribution in [3.8, 4) is 5.69 Å². The second-order valence-electron chi connectivity index (χ2n) is 5.54. The molecule has 5 nitrogen and oxygen atoms in total. The van der Waals surface area contributed by atoms with Crippen molar-refractivity contribution in [3.63, 3.8) is 0 Å². The summed E-state index contributed by atoms with van der Waals surface area (Å²) >= 11 is 6.34. The largest absolute Gasteiger partial charge is 0.368 e. The molecule has 0 bridgehead atoms. The van der Waals surface area contributed by atoms with Gasteiger partial charge in [-0.15, -0.1) is 0 Å². The number of para-hydroxylation sites is 1. The van der Waals surface area contributed by atoms with E-state index in [-0.39, 0.29) is 10.6 Å². The number of hydrogen-bond donors (Lipinski definition) is 0. The fourth-order valence-electron chi connectivity index (χ4n) is 2.69. The molecule has 0 aliphatic carbocycles. The molecule has 1 fully saturated rings. The molecule has 2 heterocycles. The topological polar surface area (TPSA) is 41.4 Å². The van der Waals surface area contributed by atoms with Crippen LogP contribution in [0.1, 0.15) is 6.42 Å². The van der Waals surface area contributed by atoms with Crippen LogP contribution in [-0.4, -0.2) is 47.9 Å². The molecule has 0 N–H and O–H groups in total. The van der Waals surface area contributed by atoms with Gasteiger partial charge in [0.05, 0.1) is 17.6 Å². The van der Waals surface area contributed by atoms with Gasteiger partial charge in [0.2, 0.25) is 0 Å². The molecule has 6 heteroatoms. The van der Waals surface area contributed by atoms with E-state index in [1.807, 2.05) is 30.3 Å². The van der Waals surface area contributed by atoms with Crippen LogP contribution in [0.3, 0.4) is 0 Å². The van der Waals surface area contributed by atoms with Crippen LogP contribution in [0.25, 0.3) is 5.69 Å². The summed E-state index contributed by atoms with van der Waals surface area (Å²) < 4.78 is 1.34. The van der Waals surface area contributed by atoms with Gasteiger partial charge in [0.25, 0.3) is 5.56 Å². The minimum atomic E-state index is -0.275. The van der Waals surface area contributed by atoms with Crippen LogP contribution < -0.4 is 10.5 Å². The molecule has 1 aromatic heterocycles. The molecule has 0 radical (unpaired) electrons. The molecule has 0 unspecified atom stereocenters. The SMILES string of the molecule is CN1CCCN(c2cnn(-c3ccccc3)c(=O)c2Cl)CC1. The lowest BCUT2D eigenvalue weighted by atomic mass is 10.3. The highest BCUT2D eigenvalue weighted by Gasteiger charge is 2.18. The molecule has 0 amide bonds. The molecule has 116 valence electrons. The summed E-state index contributed by atoms with van der Waals surface area (Å²) in [6.07, 6.45) is 2.75. The average Bonchev–Trinajstić information content (AvgIpc) is 2.75. The van der Waals surface area contributed by atoms with Crippen molar-refractivity contribution in [3.05, 3.63) is 51.9 Å². The fourth-order valence-corrected chi connectivity index (χ4v) is 2.93. The van der Waals surface area contributed by atoms with E-state index in [0.717, 1.165) is 44.0 Å². The number of benzene rings is 1. The fraction of sp³-hybridized carbons (Fsp3) is 0.375. The smallest absolute Gasteiger partial charge is 0.292 e. The number of likely N-dealkylation sites (N-methyl/N-ethyl adjacent to an activating group) is 1. The third-order valence-electron chi connectivity index (χ3n) is 3.96. The van der Waals surface area contributed by atoms with Gasteiger partial charge in [-0.2, -0.15) is 9.78 Å². The van der Waals surface area contributed by atoms with Crippen LogP contribution >= 0.6 is 11.6 Å². The zero-order chi connectivity index (χ0) is 15.5. The van der Waals surface area contributed by atoms with Gasteiger partial charge in [-0.3, -0.25) is 4.79 Å². The maximum absolute atomic E-state index is 12.5. The molecule has 22 heavy (non-hydrogen) atoms. The van der Waals surface area contributed by atoms with E-state index in [1.54, 1.807) is 6.20 Å². The number of halogens is 1. The molecule has 1 aliphatic heterocycles. The summed E-state index contributed by atoms with van der Waals surface area (Å²) in [6, 6.07) is 9.32. The number of rotatable bonds is 2. The summed E-state index contributed by atoms with van der Waals surface area (Å²) in [5.74, 6) is 0. The van der Waals surface area contributed by atoms with Gasteiger partial charge in [0.15, 0.2) is 0 Å². The molecule has 1 aromatic carbocycles. The van der Waals surface area contributed by atoms with E-state index in [9.17, 15) is 4.79 Å². The van der Waals surface area contributed by atoms with E-state index in [0.29, 0.717) is 0 Å². The number of hydrogen-bond acceptors (Lipinski definition) is 4. The first-order chi connectivity index (χ1) is 10.7. The van der Waals surface area contributed by atoms with Crippen molar-refractivity contribution in [2.24, 2.45) is 0 Å². The predicted molar refractivity (Wildman–Crippen MR) is 89.2 cm³/mol. The predicted octanol–water partition coefficient (Wildman–Crippen LogP) is 2.03. The Morgan fingerprint density at radius 1 is 1.09 bits per heavy atom. The average molecular weight is 319 g/mol. The standard InChI is InChI=1S/C16H19ClN4O/c1-19-8-5-9-20(11-10-19)14-12-18-21(16(22)15(14)17)13-6-3-2-4-7-13/h2-4,6-7,12H,5,8-11H2,1H3. The zero-order valence-corrected chi connectivity index (χ0v) is 13.3. The van der Waals surface area contributed by atoms with Gasteiger partial charge < -0.3 is 9.80 Å². The van der Waals surface area contributed by atoms with E-state index < -0.39 is 0 Å². The molecule has 0 saturated carbocycles. The van der Waals surface area contributed by atoms with Crippen LogP contribution in [0.2, 0.25) is 5.02 Å². The van der Waals surface area contributed by atoms with Crippen LogP contribution in [0.5, 0.6) is 0 Å². The molecule has 0 spiro atoms. The number of anilines is 1. The van der Waals surface area contributed by atoms with Crippen molar-refractivity contribution < 1.29 is 0 Å². The van der Waals surface area contributed by atoms with E-state index in [4.69, 9.17) is 11.6 Å². The van der Waals surface area contributed by atoms with Gasteiger partial charge in [-0.25, -0.2) is 0 Å². The van der Waals surface area contributed by atoms with Crippen molar-refractivity contribution in [1.82, 2.24) is 14.7 Å². The van der Waals surface area contributed by atoms with Crippen LogP contribution in [0, 0.1) is 0 Å². The Morgan fingerprint density at radius 3 is 2.64 bits per heavy atom. The first kappa shape index (κ1) is 15.1. The maximum Gasteiger partial charge on any atom is 0.292 e. The van der Waals surface area contributed by atoms with Gasteiger partial charge in [0.1, 0.15) is 5.02 Å². The molecule has 3 rings (SSSR count). The first-order valence-electron chi connectivity index (χ1n) is 7.43. The van der Waals surface area contributed by atoms with Gasteiger partial charge >= 0.3 is 0 Å². The number of nitrogens with zero attached hydrogens (tertiary/aromatic N) is 4. The van der Waals surface area contributed by atoms with Crippen molar-refractivity contribution in [2.75, 3.05) is 38.1 Å². The highest BCUT2D eigenvalue weighted by atomic mass is 35.5. The Hall–Kier alpha value is -1.85. The second kappa shape index (κ2) is 6.50. The van der Waals surface area contributed by atoms with E-state index in [2.05, 4.69) is 21.9 Å². The Kier molecular flexibility index (Phi) is 4.45. The zero-order valence-electron chi connectivity index (χ0n) is 12.6. The summed E-state index contributed by atoms with van der Waals surface area (Å²) in [6.45, 7) is 3.76. The van der Waals surface area contributed by atoms with E-state index in [1.165, 1.54) is 4.68 Å². The lowest BCUT2D eigenvalue weighted by Crippen LogP contribution is -2.31. The van der Waals surface area contributed by atoms with Gasteiger partial charge in [0, 0.05) is 19.6 Å². The molecular weight excluding hydrogens is 300 g/mol.